The van der Waals surface area contributed by atoms with Gasteiger partial charge in [0.15, 0.2) is 5.13 Å². The van der Waals surface area contributed by atoms with Crippen LogP contribution in [0.4, 0.5) is 16.5 Å². The molecule has 0 saturated heterocycles. The second kappa shape index (κ2) is 9.39. The summed E-state index contributed by atoms with van der Waals surface area (Å²) in [5.74, 6) is -1.12. The summed E-state index contributed by atoms with van der Waals surface area (Å²) in [5, 5.41) is 17.3. The Kier molecular flexibility index (Phi) is 6.40. The van der Waals surface area contributed by atoms with Crippen molar-refractivity contribution in [2.24, 2.45) is 0 Å². The van der Waals surface area contributed by atoms with Gasteiger partial charge in [-0.2, -0.15) is 0 Å². The molecular formula is C21H17N3O5S3. The Morgan fingerprint density at radius 1 is 1.03 bits per heavy atom. The molecule has 3 N–H and O–H groups in total. The number of para-hydroxylation sites is 1. The number of sulfonamides is 1. The number of phenols is 1. The number of nitrogens with one attached hydrogen (secondary N) is 2. The molecule has 32 heavy (non-hydrogen) atoms. The molecule has 0 saturated carbocycles. The van der Waals surface area contributed by atoms with Crippen molar-refractivity contribution in [3.05, 3.63) is 82.7 Å². The molecule has 4 rings (SSSR count). The summed E-state index contributed by atoms with van der Waals surface area (Å²) in [6.45, 7) is -0.101. The number of hydrogen-bond acceptors (Lipinski definition) is 9. The minimum atomic E-state index is -3.78. The predicted octanol–water partition coefficient (Wildman–Crippen LogP) is 4.81. The van der Waals surface area contributed by atoms with Crippen molar-refractivity contribution in [1.29, 1.82) is 0 Å². The molecule has 2 heterocycles. The molecule has 0 aliphatic heterocycles. The van der Waals surface area contributed by atoms with E-state index in [0.29, 0.717) is 10.8 Å². The molecule has 0 amide bonds. The van der Waals surface area contributed by atoms with Crippen LogP contribution < -0.4 is 10.0 Å². The monoisotopic (exact) mass is 487 g/mol. The van der Waals surface area contributed by atoms with Crippen LogP contribution in [0, 0.1) is 0 Å². The molecule has 0 fully saturated rings. The van der Waals surface area contributed by atoms with Crippen LogP contribution in [0.2, 0.25) is 0 Å². The Morgan fingerprint density at radius 3 is 2.59 bits per heavy atom. The van der Waals surface area contributed by atoms with Gasteiger partial charge in [0.1, 0.15) is 22.1 Å². The van der Waals surface area contributed by atoms with Crippen molar-refractivity contribution in [2.45, 2.75) is 10.8 Å². The third-order valence-electron chi connectivity index (χ3n) is 4.16. The van der Waals surface area contributed by atoms with Crippen LogP contribution in [0.3, 0.4) is 0 Å². The fourth-order valence-electron chi connectivity index (χ4n) is 2.68. The van der Waals surface area contributed by atoms with Crippen LogP contribution in [0.15, 0.2) is 75.6 Å². The summed E-state index contributed by atoms with van der Waals surface area (Å²) in [4.78, 5) is 16.9. The van der Waals surface area contributed by atoms with Gasteiger partial charge < -0.3 is 15.2 Å². The van der Waals surface area contributed by atoms with Gasteiger partial charge in [-0.15, -0.1) is 22.7 Å². The Bertz CT molecular complexity index is 1320. The zero-order chi connectivity index (χ0) is 22.6. The normalized spacial score (nSPS) is 11.1. The number of aromatic hydroxyl groups is 1. The lowest BCUT2D eigenvalue weighted by atomic mass is 10.2. The van der Waals surface area contributed by atoms with E-state index in [4.69, 9.17) is 4.74 Å². The molecular weight excluding hydrogens is 470 g/mol. The van der Waals surface area contributed by atoms with Crippen LogP contribution in [0.5, 0.6) is 5.75 Å². The maximum absolute atomic E-state index is 12.5. The molecule has 8 nitrogen and oxygen atoms in total. The molecule has 0 bridgehead atoms. The Hall–Kier alpha value is -3.41. The van der Waals surface area contributed by atoms with E-state index in [9.17, 15) is 18.3 Å². The van der Waals surface area contributed by atoms with E-state index in [0.717, 1.165) is 17.0 Å². The Morgan fingerprint density at radius 2 is 1.84 bits per heavy atom. The maximum atomic E-state index is 12.5. The molecule has 4 aromatic rings. The van der Waals surface area contributed by atoms with Crippen LogP contribution >= 0.6 is 22.7 Å². The predicted molar refractivity (Wildman–Crippen MR) is 124 cm³/mol. The fourth-order valence-corrected chi connectivity index (χ4v) is 5.44. The number of anilines is 3. The highest BCUT2D eigenvalue weighted by atomic mass is 32.2. The first-order valence-corrected chi connectivity index (χ1v) is 12.5. The lowest BCUT2D eigenvalue weighted by molar-refractivity contribution is 0.0465. The average molecular weight is 488 g/mol. The number of carbonyl (C=O) groups is 1. The van der Waals surface area contributed by atoms with Gasteiger partial charge in [-0.25, -0.2) is 18.2 Å². The van der Waals surface area contributed by atoms with Crippen molar-refractivity contribution in [3.63, 3.8) is 0 Å². The summed E-state index contributed by atoms with van der Waals surface area (Å²) in [7, 11) is -3.78. The SMILES string of the molecule is O=C(OCc1csc(Nc2ccccc2)n1)c1cc(NS(=O)(=O)c2cccs2)ccc1O. The van der Waals surface area contributed by atoms with Crippen LogP contribution in [0.1, 0.15) is 16.1 Å². The molecule has 0 unspecified atom stereocenters. The van der Waals surface area contributed by atoms with Gasteiger partial charge in [-0.1, -0.05) is 24.3 Å². The number of nitrogens with zero attached hydrogens (tertiary/aromatic N) is 1. The largest absolute Gasteiger partial charge is 0.507 e. The van der Waals surface area contributed by atoms with E-state index in [-0.39, 0.29) is 27.8 Å². The van der Waals surface area contributed by atoms with E-state index in [1.807, 2.05) is 30.3 Å². The maximum Gasteiger partial charge on any atom is 0.342 e. The number of thiophene rings is 1. The number of esters is 1. The van der Waals surface area contributed by atoms with Gasteiger partial charge in [0.2, 0.25) is 0 Å². The summed E-state index contributed by atoms with van der Waals surface area (Å²) in [5.41, 5.74) is 1.40. The molecule has 0 atom stereocenters. The average Bonchev–Trinajstić information content (AvgIpc) is 3.47. The standard InChI is InChI=1S/C21H17N3O5S3/c25-18-9-8-15(24-32(27,28)19-7-4-10-30-19)11-17(18)20(26)29-12-16-13-31-21(23-16)22-14-5-2-1-3-6-14/h1-11,13,24-25H,12H2,(H,22,23). The Balaban J connectivity index is 1.41. The molecule has 2 aromatic carbocycles. The van der Waals surface area contributed by atoms with Crippen molar-refractivity contribution in [3.8, 4) is 5.75 Å². The summed E-state index contributed by atoms with van der Waals surface area (Å²) in [6, 6.07) is 16.4. The molecule has 2 aromatic heterocycles. The zero-order valence-corrected chi connectivity index (χ0v) is 18.8. The first-order valence-electron chi connectivity index (χ1n) is 9.24. The van der Waals surface area contributed by atoms with E-state index in [1.165, 1.54) is 35.6 Å². The minimum Gasteiger partial charge on any atom is -0.507 e. The van der Waals surface area contributed by atoms with Gasteiger partial charge in [0.25, 0.3) is 10.0 Å². The van der Waals surface area contributed by atoms with Crippen molar-refractivity contribution in [2.75, 3.05) is 10.0 Å². The highest BCUT2D eigenvalue weighted by Gasteiger charge is 2.19. The molecule has 0 aliphatic carbocycles. The number of hydrogen-bond donors (Lipinski definition) is 3. The highest BCUT2D eigenvalue weighted by Crippen LogP contribution is 2.26. The van der Waals surface area contributed by atoms with Crippen LogP contribution in [0.25, 0.3) is 0 Å². The second-order valence-electron chi connectivity index (χ2n) is 6.48. The second-order valence-corrected chi connectivity index (χ2v) is 10.2. The van der Waals surface area contributed by atoms with Gasteiger partial charge >= 0.3 is 5.97 Å². The number of rotatable bonds is 8. The zero-order valence-electron chi connectivity index (χ0n) is 16.4. The smallest absolute Gasteiger partial charge is 0.342 e. The number of phenolic OH excluding ortho intramolecular Hbond substituents is 1. The van der Waals surface area contributed by atoms with Gasteiger partial charge in [0, 0.05) is 16.8 Å². The van der Waals surface area contributed by atoms with Gasteiger partial charge in [-0.05, 0) is 41.8 Å². The van der Waals surface area contributed by atoms with E-state index < -0.39 is 16.0 Å². The highest BCUT2D eigenvalue weighted by molar-refractivity contribution is 7.94. The third-order valence-corrected chi connectivity index (χ3v) is 7.74. The summed E-state index contributed by atoms with van der Waals surface area (Å²) < 4.78 is 32.5. The topological polar surface area (TPSA) is 118 Å². The molecule has 0 aliphatic rings. The van der Waals surface area contributed by atoms with Crippen LogP contribution in [-0.4, -0.2) is 24.5 Å². The minimum absolute atomic E-state index is 0.101. The molecule has 0 spiro atoms. The van der Waals surface area contributed by atoms with Crippen molar-refractivity contribution < 1.29 is 23.1 Å². The number of carbonyl (C=O) groups excluding carboxylic acids is 1. The summed E-state index contributed by atoms with van der Waals surface area (Å²) >= 11 is 2.43. The molecule has 0 radical (unpaired) electrons. The van der Waals surface area contributed by atoms with Crippen molar-refractivity contribution >= 4 is 55.2 Å². The quantitative estimate of drug-likeness (QED) is 0.241. The first-order chi connectivity index (χ1) is 15.4. The fraction of sp³-hybridized carbons (Fsp3) is 0.0476. The summed E-state index contributed by atoms with van der Waals surface area (Å²) in [6.07, 6.45) is 0. The van der Waals surface area contributed by atoms with Gasteiger partial charge in [0.05, 0.1) is 5.69 Å². The molecule has 164 valence electrons. The van der Waals surface area contributed by atoms with E-state index >= 15 is 0 Å². The molecule has 11 heteroatoms. The number of ether oxygens (including phenoxy) is 1. The first kappa shape index (κ1) is 21.8. The third kappa shape index (κ3) is 5.25. The number of benzene rings is 2. The Labute approximate surface area is 192 Å². The van der Waals surface area contributed by atoms with E-state index in [1.54, 1.807) is 16.8 Å². The van der Waals surface area contributed by atoms with Crippen molar-refractivity contribution in [1.82, 2.24) is 4.98 Å². The lowest BCUT2D eigenvalue weighted by Crippen LogP contribution is -2.12. The van der Waals surface area contributed by atoms with Crippen LogP contribution in [-0.2, 0) is 21.4 Å². The lowest BCUT2D eigenvalue weighted by Gasteiger charge is -2.10. The number of thiazole rings is 1. The van der Waals surface area contributed by atoms with Gasteiger partial charge in [-0.3, -0.25) is 4.72 Å². The van der Waals surface area contributed by atoms with E-state index in [2.05, 4.69) is 15.0 Å². The number of aromatic nitrogens is 1.